The minimum Gasteiger partial charge on any atom is -0.332 e. The van der Waals surface area contributed by atoms with Crippen molar-refractivity contribution < 1.29 is 0 Å². The van der Waals surface area contributed by atoms with Gasteiger partial charge in [-0.05, 0) is 66.0 Å². The van der Waals surface area contributed by atoms with Gasteiger partial charge >= 0.3 is 0 Å². The van der Waals surface area contributed by atoms with Crippen LogP contribution >= 0.6 is 28.1 Å². The predicted octanol–water partition coefficient (Wildman–Crippen LogP) is 5.94. The quantitative estimate of drug-likeness (QED) is 0.645. The van der Waals surface area contributed by atoms with E-state index in [2.05, 4.69) is 77.7 Å². The Bertz CT molecular complexity index is 651. The molecule has 0 atom stereocenters. The van der Waals surface area contributed by atoms with Crippen LogP contribution in [0.15, 0.2) is 46.9 Å². The van der Waals surface area contributed by atoms with Gasteiger partial charge in [-0.25, -0.2) is 0 Å². The molecule has 2 aromatic carbocycles. The number of rotatable bonds is 4. The second-order valence-electron chi connectivity index (χ2n) is 5.51. The Morgan fingerprint density at radius 1 is 1.09 bits per heavy atom. The van der Waals surface area contributed by atoms with Crippen LogP contribution in [0.25, 0.3) is 0 Å². The highest BCUT2D eigenvalue weighted by Crippen LogP contribution is 2.22. The SMILES string of the molecule is CCc1cc(Br)ccc1NC(=S)Nc1ccc(C(C)C)cc1. The van der Waals surface area contributed by atoms with Crippen LogP contribution in [0.4, 0.5) is 11.4 Å². The number of hydrogen-bond donors (Lipinski definition) is 2. The number of thiocarbonyl (C=S) groups is 1. The number of halogens is 1. The van der Waals surface area contributed by atoms with Gasteiger partial charge in [-0.2, -0.15) is 0 Å². The van der Waals surface area contributed by atoms with Gasteiger partial charge in [-0.1, -0.05) is 48.8 Å². The van der Waals surface area contributed by atoms with E-state index >= 15 is 0 Å². The Morgan fingerprint density at radius 3 is 2.36 bits per heavy atom. The number of anilines is 2. The molecule has 0 unspecified atom stereocenters. The fourth-order valence-corrected chi connectivity index (χ4v) is 2.85. The molecule has 4 heteroatoms. The molecule has 0 fully saturated rings. The first-order chi connectivity index (χ1) is 10.5. The third-order valence-corrected chi connectivity index (χ3v) is 4.23. The van der Waals surface area contributed by atoms with Gasteiger partial charge in [0.2, 0.25) is 0 Å². The van der Waals surface area contributed by atoms with Crippen molar-refractivity contribution in [1.29, 1.82) is 0 Å². The van der Waals surface area contributed by atoms with E-state index in [1.165, 1.54) is 11.1 Å². The lowest BCUT2D eigenvalue weighted by atomic mass is 10.0. The van der Waals surface area contributed by atoms with Crippen LogP contribution in [0.5, 0.6) is 0 Å². The molecule has 0 spiro atoms. The van der Waals surface area contributed by atoms with Crippen LogP contribution in [0.3, 0.4) is 0 Å². The van der Waals surface area contributed by atoms with Crippen LogP contribution in [0.2, 0.25) is 0 Å². The lowest BCUT2D eigenvalue weighted by Crippen LogP contribution is -2.19. The summed E-state index contributed by atoms with van der Waals surface area (Å²) in [6, 6.07) is 14.6. The third-order valence-electron chi connectivity index (χ3n) is 3.53. The van der Waals surface area contributed by atoms with Crippen molar-refractivity contribution >= 4 is 44.6 Å². The largest absolute Gasteiger partial charge is 0.332 e. The first-order valence-electron chi connectivity index (χ1n) is 7.46. The average Bonchev–Trinajstić information content (AvgIpc) is 2.49. The second-order valence-corrected chi connectivity index (χ2v) is 6.83. The lowest BCUT2D eigenvalue weighted by Gasteiger charge is -2.14. The van der Waals surface area contributed by atoms with E-state index in [0.29, 0.717) is 11.0 Å². The number of nitrogens with one attached hydrogen (secondary N) is 2. The fourth-order valence-electron chi connectivity index (χ4n) is 2.21. The Morgan fingerprint density at radius 2 is 1.77 bits per heavy atom. The van der Waals surface area contributed by atoms with E-state index in [9.17, 15) is 0 Å². The van der Waals surface area contributed by atoms with Crippen molar-refractivity contribution in [2.24, 2.45) is 0 Å². The smallest absolute Gasteiger partial charge is 0.175 e. The molecule has 0 aliphatic heterocycles. The van der Waals surface area contributed by atoms with Crippen LogP contribution in [0.1, 0.15) is 37.8 Å². The Kier molecular flexibility index (Phi) is 5.98. The van der Waals surface area contributed by atoms with E-state index in [0.717, 1.165) is 22.3 Å². The van der Waals surface area contributed by atoms with Gasteiger partial charge in [0.05, 0.1) is 0 Å². The molecule has 116 valence electrons. The summed E-state index contributed by atoms with van der Waals surface area (Å²) in [5.41, 5.74) is 4.60. The van der Waals surface area contributed by atoms with Crippen LogP contribution in [-0.4, -0.2) is 5.11 Å². The first kappa shape index (κ1) is 17.0. The van der Waals surface area contributed by atoms with Gasteiger partial charge in [0, 0.05) is 15.8 Å². The van der Waals surface area contributed by atoms with Crippen molar-refractivity contribution in [3.63, 3.8) is 0 Å². The molecular formula is C18H21BrN2S. The maximum Gasteiger partial charge on any atom is 0.175 e. The van der Waals surface area contributed by atoms with E-state index in [1.807, 2.05) is 12.1 Å². The zero-order valence-corrected chi connectivity index (χ0v) is 15.5. The third kappa shape index (κ3) is 4.55. The molecular weight excluding hydrogens is 356 g/mol. The van der Waals surface area contributed by atoms with Crippen LogP contribution in [-0.2, 0) is 6.42 Å². The summed E-state index contributed by atoms with van der Waals surface area (Å²) in [4.78, 5) is 0. The Hall–Kier alpha value is -1.39. The number of aryl methyl sites for hydroxylation is 1. The molecule has 0 amide bonds. The monoisotopic (exact) mass is 376 g/mol. The molecule has 0 radical (unpaired) electrons. The van der Waals surface area contributed by atoms with Crippen molar-refractivity contribution in [3.05, 3.63) is 58.1 Å². The maximum absolute atomic E-state index is 5.41. The van der Waals surface area contributed by atoms with Gasteiger partial charge < -0.3 is 10.6 Å². The van der Waals surface area contributed by atoms with E-state index in [1.54, 1.807) is 0 Å². The van der Waals surface area contributed by atoms with Gasteiger partial charge in [0.1, 0.15) is 0 Å². The summed E-state index contributed by atoms with van der Waals surface area (Å²) in [7, 11) is 0. The summed E-state index contributed by atoms with van der Waals surface area (Å²) in [5.74, 6) is 0.536. The number of benzene rings is 2. The van der Waals surface area contributed by atoms with Gasteiger partial charge in [-0.3, -0.25) is 0 Å². The van der Waals surface area contributed by atoms with Gasteiger partial charge in [-0.15, -0.1) is 0 Å². The topological polar surface area (TPSA) is 24.1 Å². The maximum atomic E-state index is 5.41. The zero-order chi connectivity index (χ0) is 16.1. The molecule has 2 N–H and O–H groups in total. The predicted molar refractivity (Wildman–Crippen MR) is 104 cm³/mol. The summed E-state index contributed by atoms with van der Waals surface area (Å²) in [5, 5.41) is 7.11. The standard InChI is InChI=1S/C18H21BrN2S/c1-4-13-11-15(19)7-10-17(13)21-18(22)20-16-8-5-14(6-9-16)12(2)3/h5-12H,4H2,1-3H3,(H2,20,21,22). The summed E-state index contributed by atoms with van der Waals surface area (Å²) >= 11 is 8.91. The average molecular weight is 377 g/mol. The highest BCUT2D eigenvalue weighted by Gasteiger charge is 2.05. The normalized spacial score (nSPS) is 10.6. The van der Waals surface area contributed by atoms with Crippen LogP contribution in [0, 0.1) is 0 Å². The van der Waals surface area contributed by atoms with Crippen molar-refractivity contribution in [3.8, 4) is 0 Å². The molecule has 2 rings (SSSR count). The zero-order valence-electron chi connectivity index (χ0n) is 13.1. The molecule has 0 bridgehead atoms. The molecule has 2 aromatic rings. The van der Waals surface area contributed by atoms with Crippen molar-refractivity contribution in [2.75, 3.05) is 10.6 Å². The fraction of sp³-hybridized carbons (Fsp3) is 0.278. The highest BCUT2D eigenvalue weighted by molar-refractivity contribution is 9.10. The first-order valence-corrected chi connectivity index (χ1v) is 8.66. The van der Waals surface area contributed by atoms with Crippen LogP contribution < -0.4 is 10.6 Å². The van der Waals surface area contributed by atoms with E-state index in [4.69, 9.17) is 12.2 Å². The molecule has 0 aliphatic rings. The van der Waals surface area contributed by atoms with Gasteiger partial charge in [0.25, 0.3) is 0 Å². The Balaban J connectivity index is 2.04. The summed E-state index contributed by atoms with van der Waals surface area (Å²) in [6.07, 6.45) is 0.952. The summed E-state index contributed by atoms with van der Waals surface area (Å²) in [6.45, 7) is 6.51. The molecule has 0 aliphatic carbocycles. The Labute approximate surface area is 146 Å². The minimum atomic E-state index is 0.536. The molecule has 0 saturated heterocycles. The second kappa shape index (κ2) is 7.75. The molecule has 2 nitrogen and oxygen atoms in total. The van der Waals surface area contributed by atoms with Crippen molar-refractivity contribution in [1.82, 2.24) is 0 Å². The van der Waals surface area contributed by atoms with Crippen molar-refractivity contribution in [2.45, 2.75) is 33.1 Å². The summed E-state index contributed by atoms with van der Waals surface area (Å²) < 4.78 is 1.08. The number of hydrogen-bond acceptors (Lipinski definition) is 1. The lowest BCUT2D eigenvalue weighted by molar-refractivity contribution is 0.867. The minimum absolute atomic E-state index is 0.536. The molecule has 0 aromatic heterocycles. The van der Waals surface area contributed by atoms with Gasteiger partial charge in [0.15, 0.2) is 5.11 Å². The molecule has 22 heavy (non-hydrogen) atoms. The van der Waals surface area contributed by atoms with E-state index < -0.39 is 0 Å². The van der Waals surface area contributed by atoms with E-state index in [-0.39, 0.29) is 0 Å². The molecule has 0 heterocycles. The molecule has 0 saturated carbocycles. The highest BCUT2D eigenvalue weighted by atomic mass is 79.9.